The molecule has 2 heteroatoms. The predicted molar refractivity (Wildman–Crippen MR) is 77.4 cm³/mol. The molecule has 0 aliphatic carbocycles. The summed E-state index contributed by atoms with van der Waals surface area (Å²) in [6, 6.07) is 14.2. The van der Waals surface area contributed by atoms with Gasteiger partial charge in [0.25, 0.3) is 0 Å². The molecule has 0 saturated carbocycles. The molecule has 2 nitrogen and oxygen atoms in total. The van der Waals surface area contributed by atoms with Gasteiger partial charge in [0.15, 0.2) is 0 Å². The summed E-state index contributed by atoms with van der Waals surface area (Å²) < 4.78 is 0. The lowest BCUT2D eigenvalue weighted by Gasteiger charge is -2.26. The van der Waals surface area contributed by atoms with Crippen molar-refractivity contribution in [3.8, 4) is 0 Å². The van der Waals surface area contributed by atoms with E-state index in [0.29, 0.717) is 0 Å². The standard InChI is InChI=1S/C17H17NO/c1-11-8-12(2)14-10-15(13-6-4-3-5-7-13)17(19)18-16(14)9-11/h3-9,15H,10H2,1-2H3,(H,18,19). The van der Waals surface area contributed by atoms with E-state index in [1.54, 1.807) is 0 Å². The van der Waals surface area contributed by atoms with Gasteiger partial charge in [-0.05, 0) is 48.6 Å². The number of hydrogen-bond donors (Lipinski definition) is 1. The number of nitrogens with one attached hydrogen (secondary N) is 1. The average Bonchev–Trinajstić information content (AvgIpc) is 2.38. The zero-order valence-corrected chi connectivity index (χ0v) is 11.2. The first kappa shape index (κ1) is 12.0. The molecule has 2 aromatic rings. The lowest BCUT2D eigenvalue weighted by atomic mass is 9.85. The number of amides is 1. The van der Waals surface area contributed by atoms with Crippen molar-refractivity contribution < 1.29 is 4.79 Å². The van der Waals surface area contributed by atoms with E-state index in [4.69, 9.17) is 0 Å². The van der Waals surface area contributed by atoms with E-state index in [2.05, 4.69) is 31.3 Å². The van der Waals surface area contributed by atoms with Crippen LogP contribution in [0.1, 0.15) is 28.2 Å². The maximum Gasteiger partial charge on any atom is 0.232 e. The van der Waals surface area contributed by atoms with E-state index in [0.717, 1.165) is 17.7 Å². The highest BCUT2D eigenvalue weighted by Gasteiger charge is 2.28. The van der Waals surface area contributed by atoms with E-state index in [-0.39, 0.29) is 11.8 Å². The summed E-state index contributed by atoms with van der Waals surface area (Å²) in [5, 5.41) is 3.05. The summed E-state index contributed by atoms with van der Waals surface area (Å²) in [4.78, 5) is 12.3. The molecule has 3 rings (SSSR count). The highest BCUT2D eigenvalue weighted by Crippen LogP contribution is 2.34. The lowest BCUT2D eigenvalue weighted by molar-refractivity contribution is -0.117. The second kappa shape index (κ2) is 4.54. The predicted octanol–water partition coefficient (Wildman–Crippen LogP) is 3.58. The zero-order chi connectivity index (χ0) is 13.4. The second-order valence-corrected chi connectivity index (χ2v) is 5.26. The van der Waals surface area contributed by atoms with Gasteiger partial charge in [-0.2, -0.15) is 0 Å². The van der Waals surface area contributed by atoms with Gasteiger partial charge in [0.05, 0.1) is 5.92 Å². The molecule has 2 aromatic carbocycles. The highest BCUT2D eigenvalue weighted by atomic mass is 16.1. The third-order valence-corrected chi connectivity index (χ3v) is 3.80. The van der Waals surface area contributed by atoms with Crippen LogP contribution in [0, 0.1) is 13.8 Å². The third-order valence-electron chi connectivity index (χ3n) is 3.80. The molecule has 0 radical (unpaired) electrons. The molecule has 1 aliphatic rings. The van der Waals surface area contributed by atoms with Crippen molar-refractivity contribution in [3.63, 3.8) is 0 Å². The number of carbonyl (C=O) groups excluding carboxylic acids is 1. The number of anilines is 1. The van der Waals surface area contributed by atoms with Crippen molar-refractivity contribution in [2.45, 2.75) is 26.2 Å². The Kier molecular flexibility index (Phi) is 2.86. The van der Waals surface area contributed by atoms with Crippen LogP contribution in [0.3, 0.4) is 0 Å². The zero-order valence-electron chi connectivity index (χ0n) is 11.2. The summed E-state index contributed by atoms with van der Waals surface area (Å²) in [6.07, 6.45) is 0.789. The monoisotopic (exact) mass is 251 g/mol. The van der Waals surface area contributed by atoms with Crippen LogP contribution in [-0.4, -0.2) is 5.91 Å². The van der Waals surface area contributed by atoms with Crippen molar-refractivity contribution >= 4 is 11.6 Å². The van der Waals surface area contributed by atoms with Crippen LogP contribution < -0.4 is 5.32 Å². The number of fused-ring (bicyclic) bond motifs is 1. The van der Waals surface area contributed by atoms with Gasteiger partial charge >= 0.3 is 0 Å². The fraction of sp³-hybridized carbons (Fsp3) is 0.235. The fourth-order valence-corrected chi connectivity index (χ4v) is 2.85. The first-order valence-electron chi connectivity index (χ1n) is 6.61. The van der Waals surface area contributed by atoms with Crippen LogP contribution in [-0.2, 0) is 11.2 Å². The topological polar surface area (TPSA) is 29.1 Å². The van der Waals surface area contributed by atoms with Gasteiger partial charge in [-0.1, -0.05) is 36.4 Å². The first-order valence-corrected chi connectivity index (χ1v) is 6.61. The molecular weight excluding hydrogens is 234 g/mol. The molecule has 1 N–H and O–H groups in total. The van der Waals surface area contributed by atoms with E-state index < -0.39 is 0 Å². The van der Waals surface area contributed by atoms with Crippen molar-refractivity contribution in [1.29, 1.82) is 0 Å². The smallest absolute Gasteiger partial charge is 0.232 e. The molecule has 0 fully saturated rings. The molecule has 0 bridgehead atoms. The summed E-state index contributed by atoms with van der Waals surface area (Å²) in [6.45, 7) is 4.17. The van der Waals surface area contributed by atoms with Crippen LogP contribution >= 0.6 is 0 Å². The average molecular weight is 251 g/mol. The molecule has 1 atom stereocenters. The number of hydrogen-bond acceptors (Lipinski definition) is 1. The second-order valence-electron chi connectivity index (χ2n) is 5.26. The van der Waals surface area contributed by atoms with Gasteiger partial charge in [0.1, 0.15) is 0 Å². The Bertz CT molecular complexity index is 631. The Hall–Kier alpha value is -2.09. The summed E-state index contributed by atoms with van der Waals surface area (Å²) in [7, 11) is 0. The van der Waals surface area contributed by atoms with E-state index >= 15 is 0 Å². The van der Waals surface area contributed by atoms with E-state index in [9.17, 15) is 4.79 Å². The van der Waals surface area contributed by atoms with Crippen LogP contribution in [0.5, 0.6) is 0 Å². The molecule has 19 heavy (non-hydrogen) atoms. The molecule has 1 amide bonds. The molecular formula is C17H17NO. The van der Waals surface area contributed by atoms with Crippen LogP contribution in [0.15, 0.2) is 42.5 Å². The Balaban J connectivity index is 2.03. The van der Waals surface area contributed by atoms with Crippen molar-refractivity contribution in [3.05, 3.63) is 64.7 Å². The van der Waals surface area contributed by atoms with Crippen LogP contribution in [0.2, 0.25) is 0 Å². The maximum absolute atomic E-state index is 12.3. The number of rotatable bonds is 1. The Morgan fingerprint density at radius 2 is 1.84 bits per heavy atom. The third kappa shape index (κ3) is 2.14. The molecule has 0 spiro atoms. The van der Waals surface area contributed by atoms with Crippen LogP contribution in [0.4, 0.5) is 5.69 Å². The molecule has 1 heterocycles. The minimum atomic E-state index is -0.0740. The van der Waals surface area contributed by atoms with E-state index in [1.165, 1.54) is 16.7 Å². The van der Waals surface area contributed by atoms with Gasteiger partial charge < -0.3 is 5.32 Å². The largest absolute Gasteiger partial charge is 0.325 e. The molecule has 1 aliphatic heterocycles. The van der Waals surface area contributed by atoms with Gasteiger partial charge in [0, 0.05) is 5.69 Å². The fourth-order valence-electron chi connectivity index (χ4n) is 2.85. The highest BCUT2D eigenvalue weighted by molar-refractivity contribution is 5.99. The molecule has 0 saturated heterocycles. The van der Waals surface area contributed by atoms with Crippen molar-refractivity contribution in [2.24, 2.45) is 0 Å². The quantitative estimate of drug-likeness (QED) is 0.824. The Morgan fingerprint density at radius 3 is 2.58 bits per heavy atom. The summed E-state index contributed by atoms with van der Waals surface area (Å²) in [5.74, 6) is 0.0267. The molecule has 1 unspecified atom stereocenters. The van der Waals surface area contributed by atoms with Crippen molar-refractivity contribution in [1.82, 2.24) is 0 Å². The molecule has 0 aromatic heterocycles. The number of carbonyl (C=O) groups is 1. The van der Waals surface area contributed by atoms with Gasteiger partial charge in [-0.15, -0.1) is 0 Å². The van der Waals surface area contributed by atoms with E-state index in [1.807, 2.05) is 30.3 Å². The maximum atomic E-state index is 12.3. The Labute approximate surface area is 113 Å². The molecule has 96 valence electrons. The first-order chi connectivity index (χ1) is 9.15. The number of benzene rings is 2. The summed E-state index contributed by atoms with van der Waals surface area (Å²) >= 11 is 0. The van der Waals surface area contributed by atoms with Gasteiger partial charge in [0.2, 0.25) is 5.91 Å². The van der Waals surface area contributed by atoms with Gasteiger partial charge in [-0.25, -0.2) is 0 Å². The Morgan fingerprint density at radius 1 is 1.11 bits per heavy atom. The SMILES string of the molecule is Cc1cc(C)c2c(c1)NC(=O)C(c1ccccc1)C2. The summed E-state index contributed by atoms with van der Waals surface area (Å²) in [5.41, 5.74) is 5.78. The van der Waals surface area contributed by atoms with Crippen LogP contribution in [0.25, 0.3) is 0 Å². The normalized spacial score (nSPS) is 17.8. The minimum absolute atomic E-state index is 0.0740. The number of aryl methyl sites for hydroxylation is 2. The lowest BCUT2D eigenvalue weighted by Crippen LogP contribution is -2.28. The van der Waals surface area contributed by atoms with Gasteiger partial charge in [-0.3, -0.25) is 4.79 Å². The van der Waals surface area contributed by atoms with Crippen molar-refractivity contribution in [2.75, 3.05) is 5.32 Å². The minimum Gasteiger partial charge on any atom is -0.325 e.